The van der Waals surface area contributed by atoms with Crippen molar-refractivity contribution in [2.24, 2.45) is 0 Å². The van der Waals surface area contributed by atoms with Crippen LogP contribution in [0, 0.1) is 0 Å². The zero-order valence-corrected chi connectivity index (χ0v) is 8.43. The molecule has 0 saturated carbocycles. The smallest absolute Gasteiger partial charge is 0.300 e. The third kappa shape index (κ3) is 3.38. The Morgan fingerprint density at radius 3 is 2.53 bits per heavy atom. The molecule has 0 fully saturated rings. The zero-order chi connectivity index (χ0) is 11.3. The van der Waals surface area contributed by atoms with E-state index in [9.17, 15) is 4.79 Å². The Hall–Kier alpha value is -1.90. The fraction of sp³-hybridized carbons (Fsp3) is 0.167. The summed E-state index contributed by atoms with van der Waals surface area (Å²) in [6.45, 7) is 1.08. The lowest BCUT2D eigenvalue weighted by Gasteiger charge is -2.07. The first-order valence-electron chi connectivity index (χ1n) is 4.59. The molecule has 1 aromatic carbocycles. The van der Waals surface area contributed by atoms with Crippen molar-refractivity contribution in [1.82, 2.24) is 0 Å². The molecule has 3 nitrogen and oxygen atoms in total. The van der Waals surface area contributed by atoms with Gasteiger partial charge in [-0.1, -0.05) is 30.3 Å². The van der Waals surface area contributed by atoms with Crippen molar-refractivity contribution in [3.05, 3.63) is 47.5 Å². The van der Waals surface area contributed by atoms with Crippen LogP contribution in [-0.2, 0) is 11.2 Å². The highest BCUT2D eigenvalue weighted by atomic mass is 16.4. The van der Waals surface area contributed by atoms with E-state index in [-0.39, 0.29) is 5.78 Å². The number of carboxylic acids is 1. The van der Waals surface area contributed by atoms with E-state index >= 15 is 0 Å². The minimum atomic E-state index is -0.833. The lowest BCUT2D eigenvalue weighted by atomic mass is 9.96. The van der Waals surface area contributed by atoms with Crippen molar-refractivity contribution in [3.8, 4) is 0 Å². The lowest BCUT2D eigenvalue weighted by molar-refractivity contribution is -0.134. The van der Waals surface area contributed by atoms with Crippen molar-refractivity contribution in [1.29, 1.82) is 0 Å². The summed E-state index contributed by atoms with van der Waals surface area (Å²) in [5.41, 5.74) is 2.00. The average Bonchev–Trinajstić information content (AvgIpc) is 2.18. The summed E-state index contributed by atoms with van der Waals surface area (Å²) in [5, 5.41) is 7.42. The third-order valence-corrected chi connectivity index (χ3v) is 1.89. The summed E-state index contributed by atoms with van der Waals surface area (Å²) in [4.78, 5) is 20.2. The van der Waals surface area contributed by atoms with E-state index in [0.29, 0.717) is 0 Å². The van der Waals surface area contributed by atoms with Crippen LogP contribution >= 0.6 is 0 Å². The molecule has 0 spiro atoms. The normalized spacial score (nSPS) is 12.5. The Labute approximate surface area is 88.0 Å². The zero-order valence-electron chi connectivity index (χ0n) is 8.43. The van der Waals surface area contributed by atoms with Crippen LogP contribution in [0.2, 0.25) is 0 Å². The van der Waals surface area contributed by atoms with Gasteiger partial charge >= 0.3 is 0 Å². The number of rotatable bonds is 0. The highest BCUT2D eigenvalue weighted by molar-refractivity contribution is 6.06. The molecular formula is C12H12O3. The van der Waals surface area contributed by atoms with E-state index in [1.165, 1.54) is 0 Å². The number of carboxylic acid groups (broad SMARTS) is 1. The number of carbonyl (C=O) groups excluding carboxylic acids is 1. The molecule has 0 unspecified atom stereocenters. The number of aliphatic carboxylic acids is 1. The summed E-state index contributed by atoms with van der Waals surface area (Å²) >= 11 is 0. The molecule has 1 aliphatic rings. The summed E-state index contributed by atoms with van der Waals surface area (Å²) in [7, 11) is 0. The number of benzene rings is 1. The highest BCUT2D eigenvalue weighted by Gasteiger charge is 2.09. The van der Waals surface area contributed by atoms with Crippen LogP contribution in [0.4, 0.5) is 0 Å². The van der Waals surface area contributed by atoms with Gasteiger partial charge in [-0.3, -0.25) is 9.59 Å². The van der Waals surface area contributed by atoms with E-state index in [2.05, 4.69) is 0 Å². The minimum absolute atomic E-state index is 0.131. The van der Waals surface area contributed by atoms with Gasteiger partial charge in [0, 0.05) is 12.5 Å². The van der Waals surface area contributed by atoms with Crippen molar-refractivity contribution < 1.29 is 14.7 Å². The topological polar surface area (TPSA) is 54.4 Å². The first kappa shape index (κ1) is 11.2. The predicted molar refractivity (Wildman–Crippen MR) is 56.9 cm³/mol. The number of carbonyl (C=O) groups is 2. The predicted octanol–water partition coefficient (Wildman–Crippen LogP) is 2.07. The summed E-state index contributed by atoms with van der Waals surface area (Å²) < 4.78 is 0. The second-order valence-corrected chi connectivity index (χ2v) is 3.15. The molecule has 3 heteroatoms. The van der Waals surface area contributed by atoms with Gasteiger partial charge in [0.1, 0.15) is 0 Å². The molecule has 0 atom stereocenters. The maximum absolute atomic E-state index is 11.2. The maximum Gasteiger partial charge on any atom is 0.300 e. The van der Waals surface area contributed by atoms with Crippen molar-refractivity contribution >= 4 is 11.8 Å². The van der Waals surface area contributed by atoms with Gasteiger partial charge in [0.25, 0.3) is 5.97 Å². The SMILES string of the molecule is CC(=O)O.O=C1C=CCc2ccccc21. The monoisotopic (exact) mass is 204 g/mol. The second-order valence-electron chi connectivity index (χ2n) is 3.15. The molecule has 2 rings (SSSR count). The van der Waals surface area contributed by atoms with Gasteiger partial charge in [0.2, 0.25) is 0 Å². The van der Waals surface area contributed by atoms with Crippen LogP contribution in [0.1, 0.15) is 22.8 Å². The molecule has 0 saturated heterocycles. The van der Waals surface area contributed by atoms with E-state index in [1.807, 2.05) is 30.3 Å². The summed E-state index contributed by atoms with van der Waals surface area (Å²) in [6.07, 6.45) is 4.44. The third-order valence-electron chi connectivity index (χ3n) is 1.89. The van der Waals surface area contributed by atoms with Gasteiger partial charge in [-0.25, -0.2) is 0 Å². The molecular weight excluding hydrogens is 192 g/mol. The Bertz CT molecular complexity index is 401. The second kappa shape index (κ2) is 5.10. The fourth-order valence-corrected chi connectivity index (χ4v) is 1.32. The molecule has 0 heterocycles. The van der Waals surface area contributed by atoms with Crippen molar-refractivity contribution in [2.45, 2.75) is 13.3 Å². The molecule has 1 aliphatic carbocycles. The molecule has 15 heavy (non-hydrogen) atoms. The Morgan fingerprint density at radius 1 is 1.33 bits per heavy atom. The number of fused-ring (bicyclic) bond motifs is 1. The van der Waals surface area contributed by atoms with Gasteiger partial charge in [0.15, 0.2) is 5.78 Å². The molecule has 1 aromatic rings. The first-order chi connectivity index (χ1) is 7.11. The van der Waals surface area contributed by atoms with E-state index in [0.717, 1.165) is 24.5 Å². The number of allylic oxidation sites excluding steroid dienone is 2. The first-order valence-corrected chi connectivity index (χ1v) is 4.59. The van der Waals surface area contributed by atoms with E-state index < -0.39 is 5.97 Å². The van der Waals surface area contributed by atoms with Crippen molar-refractivity contribution in [3.63, 3.8) is 0 Å². The van der Waals surface area contributed by atoms with Gasteiger partial charge in [0.05, 0.1) is 0 Å². The fourth-order valence-electron chi connectivity index (χ4n) is 1.32. The van der Waals surface area contributed by atoms with Crippen molar-refractivity contribution in [2.75, 3.05) is 0 Å². The highest BCUT2D eigenvalue weighted by Crippen LogP contribution is 2.15. The summed E-state index contributed by atoms with van der Waals surface area (Å²) in [6, 6.07) is 7.74. The van der Waals surface area contributed by atoms with Crippen LogP contribution in [0.25, 0.3) is 0 Å². The van der Waals surface area contributed by atoms with Gasteiger partial charge in [-0.05, 0) is 18.1 Å². The van der Waals surface area contributed by atoms with Crippen LogP contribution < -0.4 is 0 Å². The van der Waals surface area contributed by atoms with E-state index in [4.69, 9.17) is 9.90 Å². The standard InChI is InChI=1S/C10H8O.C2H4O2/c11-10-7-3-5-8-4-1-2-6-9(8)10;1-2(3)4/h1-4,6-7H,5H2;1H3,(H,3,4). The summed E-state index contributed by atoms with van der Waals surface area (Å²) in [5.74, 6) is -0.702. The molecule has 1 N–H and O–H groups in total. The minimum Gasteiger partial charge on any atom is -0.481 e. The van der Waals surface area contributed by atoms with Gasteiger partial charge < -0.3 is 5.11 Å². The van der Waals surface area contributed by atoms with Crippen LogP contribution in [0.3, 0.4) is 0 Å². The largest absolute Gasteiger partial charge is 0.481 e. The Kier molecular flexibility index (Phi) is 3.80. The molecule has 0 aliphatic heterocycles. The molecule has 0 bridgehead atoms. The van der Waals surface area contributed by atoms with Crippen LogP contribution in [-0.4, -0.2) is 16.9 Å². The quantitative estimate of drug-likeness (QED) is 0.703. The lowest BCUT2D eigenvalue weighted by Crippen LogP contribution is -2.04. The number of hydrogen-bond acceptors (Lipinski definition) is 2. The van der Waals surface area contributed by atoms with Gasteiger partial charge in [-0.2, -0.15) is 0 Å². The maximum atomic E-state index is 11.2. The van der Waals surface area contributed by atoms with Crippen LogP contribution in [0.5, 0.6) is 0 Å². The number of hydrogen-bond donors (Lipinski definition) is 1. The Morgan fingerprint density at radius 2 is 1.93 bits per heavy atom. The van der Waals surface area contributed by atoms with Crippen LogP contribution in [0.15, 0.2) is 36.4 Å². The number of ketones is 1. The molecule has 0 aromatic heterocycles. The molecule has 0 amide bonds. The van der Waals surface area contributed by atoms with Gasteiger partial charge in [-0.15, -0.1) is 0 Å². The molecule has 0 radical (unpaired) electrons. The molecule has 78 valence electrons. The Balaban J connectivity index is 0.000000245. The van der Waals surface area contributed by atoms with E-state index in [1.54, 1.807) is 6.08 Å². The average molecular weight is 204 g/mol.